The number of carbonyl (C=O) groups is 3. The number of aryl methyl sites for hydroxylation is 1. The Bertz CT molecular complexity index is 3770. The molecular weight excluding hydrogens is 1140 g/mol. The molecule has 0 radical (unpaired) electrons. The summed E-state index contributed by atoms with van der Waals surface area (Å²) in [5, 5.41) is 36.2. The van der Waals surface area contributed by atoms with Gasteiger partial charge < -0.3 is 36.0 Å². The molecule has 0 aliphatic heterocycles. The van der Waals surface area contributed by atoms with E-state index >= 15 is 0 Å². The number of ether oxygens (including phenoxy) is 1. The van der Waals surface area contributed by atoms with Crippen LogP contribution < -0.4 is 26.6 Å². The van der Waals surface area contributed by atoms with Crippen molar-refractivity contribution in [1.29, 1.82) is 0 Å². The van der Waals surface area contributed by atoms with Gasteiger partial charge in [0, 0.05) is 55.9 Å². The first-order valence-electron chi connectivity index (χ1n) is 25.8. The quantitative estimate of drug-likeness (QED) is 0.0354. The number of aromatic amines is 3. The lowest BCUT2D eigenvalue weighted by Crippen LogP contribution is -2.39. The Kier molecular flexibility index (Phi) is 19.8. The van der Waals surface area contributed by atoms with Gasteiger partial charge in [-0.2, -0.15) is 5.10 Å². The number of benzene rings is 6. The highest BCUT2D eigenvalue weighted by molar-refractivity contribution is 7.98. The minimum absolute atomic E-state index is 0.187. The second-order valence-electron chi connectivity index (χ2n) is 18.6. The van der Waals surface area contributed by atoms with Crippen LogP contribution in [0.15, 0.2) is 151 Å². The van der Waals surface area contributed by atoms with Crippen LogP contribution in [0.3, 0.4) is 0 Å². The molecule has 82 heavy (non-hydrogen) atoms. The molecule has 4 aromatic heterocycles. The summed E-state index contributed by atoms with van der Waals surface area (Å²) in [5.74, 6) is 1.04. The molecule has 5 amide bonds. The second-order valence-corrected chi connectivity index (χ2v) is 21.1. The lowest BCUT2D eigenvalue weighted by molar-refractivity contribution is 0.161. The summed E-state index contributed by atoms with van der Waals surface area (Å²) < 4.78 is 6.57. The molecule has 19 nitrogen and oxygen atoms in total. The van der Waals surface area contributed by atoms with Crippen molar-refractivity contribution < 1.29 is 19.1 Å². The van der Waals surface area contributed by atoms with E-state index in [4.69, 9.17) is 61.1 Å². The highest BCUT2D eigenvalue weighted by atomic mass is 35.5. The molecule has 2 atom stereocenters. The van der Waals surface area contributed by atoms with Crippen LogP contribution in [0.2, 0.25) is 20.4 Å². The van der Waals surface area contributed by atoms with Crippen molar-refractivity contribution in [2.45, 2.75) is 63.2 Å². The topological polar surface area (TPSA) is 250 Å². The van der Waals surface area contributed by atoms with Gasteiger partial charge in [-0.1, -0.05) is 138 Å². The number of urea groups is 2. The number of nitrogens with one attached hydrogen (secondary N) is 8. The molecule has 0 saturated heterocycles. The Hall–Kier alpha value is -8.40. The lowest BCUT2D eigenvalue weighted by Gasteiger charge is -2.18. The molecule has 6 aromatic carbocycles. The van der Waals surface area contributed by atoms with E-state index < -0.39 is 24.2 Å². The fourth-order valence-corrected chi connectivity index (χ4v) is 10.3. The molecule has 0 unspecified atom stereocenters. The third-order valence-electron chi connectivity index (χ3n) is 12.8. The Morgan fingerprint density at radius 2 is 1.26 bits per heavy atom. The minimum Gasteiger partial charge on any atom is -0.449 e. The van der Waals surface area contributed by atoms with Gasteiger partial charge in [0.05, 0.1) is 29.9 Å². The number of H-pyrrole nitrogens is 3. The fourth-order valence-electron chi connectivity index (χ4n) is 8.78. The van der Waals surface area contributed by atoms with E-state index in [1.54, 1.807) is 42.1 Å². The first kappa shape index (κ1) is 58.3. The summed E-state index contributed by atoms with van der Waals surface area (Å²) in [6.45, 7) is 4.76. The zero-order chi connectivity index (χ0) is 57.5. The third-order valence-corrected chi connectivity index (χ3v) is 14.7. The van der Waals surface area contributed by atoms with Gasteiger partial charge >= 0.3 is 18.2 Å². The van der Waals surface area contributed by atoms with Gasteiger partial charge in [0.15, 0.2) is 0 Å². The van der Waals surface area contributed by atoms with Gasteiger partial charge in [0.1, 0.15) is 39.7 Å². The highest BCUT2D eigenvalue weighted by Gasteiger charge is 2.24. The standard InChI is InChI=1S/C30H31Cl2N5O3S.C28H24Cl2N10O/c1-3-15-40-30(39)34-23-12-9-20(10-13-23)26-27(32)37-28(36-26)24(16-19-7-5-4-6-8-19)35-29(38)33-18-21-17-22(31)11-14-25(21)41-2;1-16-21-9-7-18(13-22(21)37-36-16)25-26(30)35-27(34-25)23(11-17-5-3-2-4-6-17)33-28(41)31-14-19-12-20(29)8-10-24(19)40-15-32-38-39-40/h4-14,17,24H,3,15-16,18H2,1-2H3,(H,34,39)(H,36,37)(H2,33,35,38);2-10,12-13,15,23H,11,14H2,1H3,(H,34,35)(H,36,37)(H2,31,33,41)/t24-;23-/m00/s1. The number of hydrogen-bond acceptors (Lipinski definition) is 11. The maximum atomic E-state index is 13.2. The van der Waals surface area contributed by atoms with Gasteiger partial charge in [0.25, 0.3) is 0 Å². The summed E-state index contributed by atoms with van der Waals surface area (Å²) in [7, 11) is 0. The average Bonchev–Trinajstić information content (AvgIpc) is 4.53. The van der Waals surface area contributed by atoms with Crippen molar-refractivity contribution in [2.75, 3.05) is 18.2 Å². The molecule has 0 fully saturated rings. The number of halogens is 4. The number of aromatic nitrogens is 10. The predicted octanol–water partition coefficient (Wildman–Crippen LogP) is 13.2. The van der Waals surface area contributed by atoms with E-state index in [-0.39, 0.29) is 12.6 Å². The van der Waals surface area contributed by atoms with Gasteiger partial charge in [-0.3, -0.25) is 10.4 Å². The molecular formula is C58H55Cl4N15O4S. The number of hydrogen-bond donors (Lipinski definition) is 8. The van der Waals surface area contributed by atoms with E-state index in [0.29, 0.717) is 80.8 Å². The van der Waals surface area contributed by atoms with Crippen LogP contribution in [0.5, 0.6) is 0 Å². The zero-order valence-electron chi connectivity index (χ0n) is 44.4. The summed E-state index contributed by atoms with van der Waals surface area (Å²) in [5.41, 5.74) is 9.49. The summed E-state index contributed by atoms with van der Waals surface area (Å²) in [4.78, 5) is 55.0. The molecule has 10 rings (SSSR count). The number of thioether (sulfide) groups is 1. The summed E-state index contributed by atoms with van der Waals surface area (Å²) in [6, 6.07) is 41.8. The number of tetrazole rings is 1. The number of imidazole rings is 2. The SMILES string of the molecule is CCCOC(=O)Nc1ccc(-c2nc([C@H](Cc3ccccc3)NC(=O)NCc3cc(Cl)ccc3SC)[nH]c2Cl)cc1.Cc1[nH]nc2cc(-c3nc([C@H](Cc4ccccc4)NC(=O)NCc4cc(Cl)ccc4-n4cnnn4)[nH]c3Cl)ccc12. The molecule has 0 saturated carbocycles. The van der Waals surface area contributed by atoms with Gasteiger partial charge in [-0.05, 0) is 120 Å². The number of fused-ring (bicyclic) bond motifs is 1. The van der Waals surface area contributed by atoms with Crippen LogP contribution >= 0.6 is 58.2 Å². The molecule has 24 heteroatoms. The number of amides is 5. The van der Waals surface area contributed by atoms with Crippen LogP contribution in [0.4, 0.5) is 20.1 Å². The van der Waals surface area contributed by atoms with Crippen LogP contribution in [-0.2, 0) is 30.7 Å². The van der Waals surface area contributed by atoms with Crippen molar-refractivity contribution in [3.8, 4) is 28.2 Å². The smallest absolute Gasteiger partial charge is 0.411 e. The molecule has 0 aliphatic rings. The van der Waals surface area contributed by atoms with E-state index in [1.165, 1.54) is 11.0 Å². The van der Waals surface area contributed by atoms with E-state index in [1.807, 2.05) is 129 Å². The monoisotopic (exact) mass is 1200 g/mol. The first-order chi connectivity index (χ1) is 39.8. The number of anilines is 1. The van der Waals surface area contributed by atoms with Crippen molar-refractivity contribution in [3.63, 3.8) is 0 Å². The molecule has 0 aliphatic carbocycles. The second kappa shape index (κ2) is 27.9. The lowest BCUT2D eigenvalue weighted by atomic mass is 10.1. The number of nitrogens with zero attached hydrogens (tertiary/aromatic N) is 7. The van der Waals surface area contributed by atoms with Crippen LogP contribution in [0.1, 0.15) is 65.0 Å². The third kappa shape index (κ3) is 15.3. The highest BCUT2D eigenvalue weighted by Crippen LogP contribution is 2.33. The van der Waals surface area contributed by atoms with E-state index in [0.717, 1.165) is 61.3 Å². The van der Waals surface area contributed by atoms with Crippen molar-refractivity contribution in [1.82, 2.24) is 71.6 Å². The Morgan fingerprint density at radius 3 is 1.84 bits per heavy atom. The normalized spacial score (nSPS) is 11.7. The zero-order valence-corrected chi connectivity index (χ0v) is 48.3. The van der Waals surface area contributed by atoms with Gasteiger partial charge in [-0.25, -0.2) is 29.0 Å². The first-order valence-corrected chi connectivity index (χ1v) is 28.5. The van der Waals surface area contributed by atoms with Crippen molar-refractivity contribution in [3.05, 3.63) is 206 Å². The van der Waals surface area contributed by atoms with Crippen LogP contribution in [-0.4, -0.2) is 81.4 Å². The Labute approximate surface area is 496 Å². The number of carbonyl (C=O) groups excluding carboxylic acids is 3. The van der Waals surface area contributed by atoms with Gasteiger partial charge in [0.2, 0.25) is 0 Å². The Balaban J connectivity index is 0.000000198. The molecule has 8 N–H and O–H groups in total. The minimum atomic E-state index is -0.507. The number of rotatable bonds is 19. The van der Waals surface area contributed by atoms with Crippen LogP contribution in [0.25, 0.3) is 39.1 Å². The molecule has 4 heterocycles. The fraction of sp³-hybridized carbons (Fsp3) is 0.190. The van der Waals surface area contributed by atoms with Gasteiger partial charge in [-0.15, -0.1) is 16.9 Å². The largest absolute Gasteiger partial charge is 0.449 e. The average molecular weight is 1200 g/mol. The molecule has 0 bridgehead atoms. The summed E-state index contributed by atoms with van der Waals surface area (Å²) in [6.07, 6.45) is 4.68. The Morgan fingerprint density at radius 1 is 0.683 bits per heavy atom. The van der Waals surface area contributed by atoms with E-state index in [9.17, 15) is 14.4 Å². The summed E-state index contributed by atoms with van der Waals surface area (Å²) >= 11 is 27.2. The van der Waals surface area contributed by atoms with Crippen molar-refractivity contribution >= 4 is 92.9 Å². The maximum absolute atomic E-state index is 13.2. The molecule has 0 spiro atoms. The van der Waals surface area contributed by atoms with Crippen LogP contribution in [0, 0.1) is 6.92 Å². The predicted molar refractivity (Wildman–Crippen MR) is 322 cm³/mol. The molecule has 420 valence electrons. The van der Waals surface area contributed by atoms with E-state index in [2.05, 4.69) is 62.3 Å². The molecule has 10 aromatic rings. The maximum Gasteiger partial charge on any atom is 0.411 e. The van der Waals surface area contributed by atoms with Crippen molar-refractivity contribution in [2.24, 2.45) is 0 Å².